The Labute approximate surface area is 189 Å². The molecule has 0 aliphatic carbocycles. The molecular weight excluding hydrogens is 408 g/mol. The van der Waals surface area contributed by atoms with Gasteiger partial charge in [0.1, 0.15) is 5.70 Å². The molecule has 32 heavy (non-hydrogen) atoms. The summed E-state index contributed by atoms with van der Waals surface area (Å²) in [5.74, 6) is 0.341. The second-order valence-corrected chi connectivity index (χ2v) is 7.50. The molecule has 0 radical (unpaired) electrons. The Hall–Kier alpha value is -3.32. The molecule has 0 fully saturated rings. The molecule has 1 aliphatic heterocycles. The second-order valence-electron chi connectivity index (χ2n) is 7.50. The average Bonchev–Trinajstić information content (AvgIpc) is 3.03. The molecule has 7 heteroatoms. The molecule has 1 N–H and O–H groups in total. The van der Waals surface area contributed by atoms with E-state index in [4.69, 9.17) is 14.2 Å². The minimum atomic E-state index is -0.350. The van der Waals surface area contributed by atoms with Gasteiger partial charge in [0.25, 0.3) is 11.8 Å². The van der Waals surface area contributed by atoms with E-state index in [0.717, 1.165) is 16.8 Å². The predicted molar refractivity (Wildman–Crippen MR) is 124 cm³/mol. The number of aryl methyl sites for hydroxylation is 1. The number of hydrogen-bond acceptors (Lipinski definition) is 6. The summed E-state index contributed by atoms with van der Waals surface area (Å²) in [6.07, 6.45) is 0.571. The summed E-state index contributed by atoms with van der Waals surface area (Å²) < 4.78 is 16.1. The normalized spacial score (nSPS) is 13.7. The number of carbonyl (C=O) groups is 2. The number of hydrogen-bond donors (Lipinski definition) is 1. The van der Waals surface area contributed by atoms with Gasteiger partial charge in [0.2, 0.25) is 0 Å². The van der Waals surface area contributed by atoms with Crippen molar-refractivity contribution in [2.24, 2.45) is 0 Å². The van der Waals surface area contributed by atoms with Gasteiger partial charge in [-0.1, -0.05) is 18.2 Å². The number of ether oxygens (including phenoxy) is 3. The maximum absolute atomic E-state index is 13.4. The van der Waals surface area contributed by atoms with Crippen LogP contribution in [0, 0.1) is 13.8 Å². The minimum absolute atomic E-state index is 0.257. The maximum atomic E-state index is 13.4. The Morgan fingerprint density at radius 3 is 2.41 bits per heavy atom. The summed E-state index contributed by atoms with van der Waals surface area (Å²) >= 11 is 0. The number of benzene rings is 2. The van der Waals surface area contributed by atoms with Crippen molar-refractivity contribution >= 4 is 23.1 Å². The molecule has 0 unspecified atom stereocenters. The molecule has 7 nitrogen and oxygen atoms in total. The molecule has 2 amide bonds. The van der Waals surface area contributed by atoms with Crippen LogP contribution in [0.3, 0.4) is 0 Å². The summed E-state index contributed by atoms with van der Waals surface area (Å²) in [5.41, 5.74) is 4.05. The maximum Gasteiger partial charge on any atom is 0.278 e. The van der Waals surface area contributed by atoms with E-state index in [1.54, 1.807) is 25.3 Å². The fraction of sp³-hybridized carbons (Fsp3) is 0.360. The Bertz CT molecular complexity index is 1040. The number of nitrogens with zero attached hydrogens (tertiary/aromatic N) is 1. The molecule has 0 aromatic heterocycles. The van der Waals surface area contributed by atoms with Crippen LogP contribution in [-0.2, 0) is 14.3 Å². The van der Waals surface area contributed by atoms with Crippen LogP contribution in [0.1, 0.15) is 30.0 Å². The topological polar surface area (TPSA) is 77.1 Å². The van der Waals surface area contributed by atoms with Gasteiger partial charge >= 0.3 is 0 Å². The highest BCUT2D eigenvalue weighted by molar-refractivity contribution is 6.36. The van der Waals surface area contributed by atoms with Gasteiger partial charge in [0, 0.05) is 25.4 Å². The van der Waals surface area contributed by atoms with E-state index < -0.39 is 0 Å². The third kappa shape index (κ3) is 4.62. The lowest BCUT2D eigenvalue weighted by atomic mass is 10.0. The number of rotatable bonds is 10. The van der Waals surface area contributed by atoms with Crippen molar-refractivity contribution in [2.75, 3.05) is 39.3 Å². The highest BCUT2D eigenvalue weighted by Crippen LogP contribution is 2.36. The monoisotopic (exact) mass is 438 g/mol. The van der Waals surface area contributed by atoms with E-state index in [0.29, 0.717) is 42.3 Å². The summed E-state index contributed by atoms with van der Waals surface area (Å²) in [6, 6.07) is 11.0. The summed E-state index contributed by atoms with van der Waals surface area (Å²) in [5, 5.41) is 3.24. The smallest absolute Gasteiger partial charge is 0.278 e. The van der Waals surface area contributed by atoms with E-state index >= 15 is 0 Å². The van der Waals surface area contributed by atoms with Gasteiger partial charge in [-0.25, -0.2) is 0 Å². The van der Waals surface area contributed by atoms with Crippen molar-refractivity contribution in [1.82, 2.24) is 4.90 Å². The van der Waals surface area contributed by atoms with E-state index in [9.17, 15) is 9.59 Å². The van der Waals surface area contributed by atoms with Gasteiger partial charge < -0.3 is 19.5 Å². The highest BCUT2D eigenvalue weighted by atomic mass is 16.5. The second kappa shape index (κ2) is 10.3. The van der Waals surface area contributed by atoms with Crippen LogP contribution in [0.5, 0.6) is 11.5 Å². The third-order valence-corrected chi connectivity index (χ3v) is 5.58. The van der Waals surface area contributed by atoms with Gasteiger partial charge in [0.05, 0.1) is 19.8 Å². The van der Waals surface area contributed by atoms with Crippen LogP contribution in [0.4, 0.5) is 5.69 Å². The predicted octanol–water partition coefficient (Wildman–Crippen LogP) is 3.94. The largest absolute Gasteiger partial charge is 0.493 e. The number of amides is 2. The van der Waals surface area contributed by atoms with Crippen molar-refractivity contribution in [3.8, 4) is 11.5 Å². The first kappa shape index (κ1) is 23.3. The number of imide groups is 1. The lowest BCUT2D eigenvalue weighted by Crippen LogP contribution is -2.34. The molecule has 0 saturated heterocycles. The minimum Gasteiger partial charge on any atom is -0.493 e. The first-order chi connectivity index (χ1) is 15.4. The lowest BCUT2D eigenvalue weighted by molar-refractivity contribution is -0.137. The van der Waals surface area contributed by atoms with Crippen LogP contribution in [-0.4, -0.2) is 50.7 Å². The molecule has 0 bridgehead atoms. The number of methoxy groups -OCH3 is 2. The number of nitrogens with one attached hydrogen (secondary N) is 1. The Morgan fingerprint density at radius 1 is 0.969 bits per heavy atom. The first-order valence-electron chi connectivity index (χ1n) is 10.7. The number of anilines is 1. The van der Waals surface area contributed by atoms with E-state index in [1.807, 2.05) is 39.0 Å². The zero-order chi connectivity index (χ0) is 23.3. The zero-order valence-electron chi connectivity index (χ0n) is 19.3. The van der Waals surface area contributed by atoms with Gasteiger partial charge in [-0.3, -0.25) is 14.5 Å². The summed E-state index contributed by atoms with van der Waals surface area (Å²) in [6.45, 7) is 7.26. The van der Waals surface area contributed by atoms with Crippen LogP contribution < -0.4 is 14.8 Å². The van der Waals surface area contributed by atoms with E-state index in [-0.39, 0.29) is 24.1 Å². The Kier molecular flexibility index (Phi) is 7.53. The molecule has 1 heterocycles. The Balaban J connectivity index is 2.04. The molecule has 0 spiro atoms. The fourth-order valence-corrected chi connectivity index (χ4v) is 3.64. The van der Waals surface area contributed by atoms with Gasteiger partial charge in [-0.15, -0.1) is 0 Å². The quantitative estimate of drug-likeness (QED) is 0.447. The van der Waals surface area contributed by atoms with Crippen molar-refractivity contribution in [1.29, 1.82) is 0 Å². The summed E-state index contributed by atoms with van der Waals surface area (Å²) in [7, 11) is 3.08. The summed E-state index contributed by atoms with van der Waals surface area (Å²) in [4.78, 5) is 28.0. The molecule has 0 saturated carbocycles. The van der Waals surface area contributed by atoms with E-state index in [1.165, 1.54) is 12.0 Å². The van der Waals surface area contributed by atoms with Crippen molar-refractivity contribution < 1.29 is 23.8 Å². The van der Waals surface area contributed by atoms with Crippen molar-refractivity contribution in [3.05, 3.63) is 58.8 Å². The third-order valence-electron chi connectivity index (χ3n) is 5.58. The molecular formula is C25H30N2O5. The zero-order valence-corrected chi connectivity index (χ0v) is 19.3. The van der Waals surface area contributed by atoms with E-state index in [2.05, 4.69) is 5.32 Å². The van der Waals surface area contributed by atoms with Crippen molar-refractivity contribution in [3.63, 3.8) is 0 Å². The molecule has 170 valence electrons. The van der Waals surface area contributed by atoms with Crippen LogP contribution in [0.15, 0.2) is 42.1 Å². The molecule has 1 aliphatic rings. The highest BCUT2D eigenvalue weighted by Gasteiger charge is 2.39. The number of carbonyl (C=O) groups excluding carboxylic acids is 2. The van der Waals surface area contributed by atoms with Gasteiger partial charge in [-0.05, 0) is 62.1 Å². The Morgan fingerprint density at radius 2 is 1.72 bits per heavy atom. The standard InChI is InChI=1S/C25H30N2O5/c1-6-32-14-8-13-27-24(28)22(18-11-12-20(30-4)21(15-18)31-5)23(25(27)29)26-19-10-7-9-16(2)17(19)3/h7,9-12,15,26H,6,8,13-14H2,1-5H3. The molecule has 2 aromatic carbocycles. The van der Waals surface area contributed by atoms with Crippen molar-refractivity contribution in [2.45, 2.75) is 27.2 Å². The molecule has 2 aromatic rings. The lowest BCUT2D eigenvalue weighted by Gasteiger charge is -2.16. The SMILES string of the molecule is CCOCCCN1C(=O)C(Nc2cccc(C)c2C)=C(c2ccc(OC)c(OC)c2)C1=O. The first-order valence-corrected chi connectivity index (χ1v) is 10.7. The average molecular weight is 439 g/mol. The fourth-order valence-electron chi connectivity index (χ4n) is 3.64. The van der Waals surface area contributed by atoms with Gasteiger partial charge in [-0.2, -0.15) is 0 Å². The molecule has 0 atom stereocenters. The molecule has 3 rings (SSSR count). The van der Waals surface area contributed by atoms with Crippen LogP contribution in [0.25, 0.3) is 5.57 Å². The van der Waals surface area contributed by atoms with Crippen LogP contribution >= 0.6 is 0 Å². The van der Waals surface area contributed by atoms with Gasteiger partial charge in [0.15, 0.2) is 11.5 Å². The van der Waals surface area contributed by atoms with Crippen LogP contribution in [0.2, 0.25) is 0 Å².